The number of nitrogens with zero attached hydrogens (tertiary/aromatic N) is 6. The normalized spacial score (nSPS) is 15.4. The van der Waals surface area contributed by atoms with Crippen molar-refractivity contribution in [2.75, 3.05) is 50.6 Å². The number of ether oxygens (including phenoxy) is 4. The number of carbonyl (C=O) groups is 2. The Morgan fingerprint density at radius 2 is 1.03 bits per heavy atom. The first-order valence-corrected chi connectivity index (χ1v) is 20.2. The van der Waals surface area contributed by atoms with Crippen molar-refractivity contribution in [3.63, 3.8) is 0 Å². The molecule has 4 aromatic carbocycles. The van der Waals surface area contributed by atoms with E-state index < -0.39 is 12.3 Å². The van der Waals surface area contributed by atoms with Gasteiger partial charge >= 0.3 is 0 Å². The largest absolute Gasteiger partial charge is 0.493 e. The summed E-state index contributed by atoms with van der Waals surface area (Å²) in [5.74, 6) is 1.76. The lowest BCUT2D eigenvalue weighted by Gasteiger charge is -2.20. The highest BCUT2D eigenvalue weighted by Gasteiger charge is 2.22. The lowest BCUT2D eigenvalue weighted by molar-refractivity contribution is -0.114. The Labute approximate surface area is 359 Å². The molecule has 312 valence electrons. The third-order valence-corrected chi connectivity index (χ3v) is 10.7. The van der Waals surface area contributed by atoms with Gasteiger partial charge in [0.2, 0.25) is 11.8 Å². The molecule has 0 bridgehead atoms. The summed E-state index contributed by atoms with van der Waals surface area (Å²) in [5.41, 5.74) is 16.3. The number of thioether (sulfide) groups is 2. The van der Waals surface area contributed by atoms with Gasteiger partial charge in [0, 0.05) is 28.9 Å². The van der Waals surface area contributed by atoms with Crippen molar-refractivity contribution in [1.82, 2.24) is 10.6 Å². The molecule has 61 heavy (non-hydrogen) atoms. The van der Waals surface area contributed by atoms with Crippen LogP contribution in [0.1, 0.15) is 45.7 Å². The number of amidine groups is 2. The van der Waals surface area contributed by atoms with Crippen molar-refractivity contribution in [2.24, 2.45) is 31.4 Å². The van der Waals surface area contributed by atoms with Gasteiger partial charge in [-0.1, -0.05) is 47.8 Å². The number of rotatable bonds is 14. The topological polar surface area (TPSA) is 268 Å². The predicted octanol–water partition coefficient (Wildman–Crippen LogP) is 4.34. The Bertz CT molecular complexity index is 2380. The number of hydrogen-bond donors (Lipinski definition) is 6. The summed E-state index contributed by atoms with van der Waals surface area (Å²) in [4.78, 5) is 43.8. The second kappa shape index (κ2) is 20.0. The van der Waals surface area contributed by atoms with E-state index in [1.807, 2.05) is 0 Å². The number of nitrogens with two attached hydrogens (primary N) is 2. The number of aliphatic imine (C=N–C) groups is 4. The minimum absolute atomic E-state index is 0.00926. The Kier molecular flexibility index (Phi) is 14.2. The fourth-order valence-corrected chi connectivity index (χ4v) is 7.44. The molecular formula is C41H40N12O6S2. The molecule has 2 aliphatic rings. The maximum Gasteiger partial charge on any atom is 0.234 e. The molecule has 0 aliphatic carbocycles. The van der Waals surface area contributed by atoms with Gasteiger partial charge in [-0.2, -0.15) is 10.5 Å². The van der Waals surface area contributed by atoms with Crippen LogP contribution in [0.2, 0.25) is 0 Å². The minimum atomic E-state index is -0.651. The highest BCUT2D eigenvalue weighted by atomic mass is 32.2. The van der Waals surface area contributed by atoms with Crippen LogP contribution in [0.5, 0.6) is 23.0 Å². The summed E-state index contributed by atoms with van der Waals surface area (Å²) in [6.07, 6.45) is -1.05. The molecule has 0 saturated heterocycles. The van der Waals surface area contributed by atoms with E-state index in [0.717, 1.165) is 34.7 Å². The average Bonchev–Trinajstić information content (AvgIpc) is 3.27. The molecule has 0 saturated carbocycles. The Morgan fingerprint density at radius 1 is 0.623 bits per heavy atom. The van der Waals surface area contributed by atoms with E-state index in [2.05, 4.69) is 53.4 Å². The zero-order chi connectivity index (χ0) is 43.5. The van der Waals surface area contributed by atoms with Gasteiger partial charge in [-0.05, 0) is 59.7 Å². The van der Waals surface area contributed by atoms with Crippen molar-refractivity contribution in [1.29, 1.82) is 10.5 Å². The van der Waals surface area contributed by atoms with Crippen LogP contribution in [-0.4, -0.2) is 74.0 Å². The van der Waals surface area contributed by atoms with Gasteiger partial charge in [0.15, 0.2) is 57.6 Å². The number of nitrogens with one attached hydrogen (secondary N) is 4. The second-order valence-corrected chi connectivity index (χ2v) is 14.9. The van der Waals surface area contributed by atoms with E-state index in [1.54, 1.807) is 87.0 Å². The van der Waals surface area contributed by atoms with Crippen molar-refractivity contribution < 1.29 is 28.5 Å². The maximum absolute atomic E-state index is 13.0. The van der Waals surface area contributed by atoms with Crippen LogP contribution in [-0.2, 0) is 16.0 Å². The van der Waals surface area contributed by atoms with Crippen LogP contribution in [0, 0.1) is 22.7 Å². The highest BCUT2D eigenvalue weighted by molar-refractivity contribution is 8.14. The van der Waals surface area contributed by atoms with Gasteiger partial charge in [0.25, 0.3) is 0 Å². The van der Waals surface area contributed by atoms with Crippen LogP contribution in [0.25, 0.3) is 0 Å². The molecule has 0 radical (unpaired) electrons. The molecular weight excluding hydrogens is 821 g/mol. The zero-order valence-electron chi connectivity index (χ0n) is 33.3. The third-order valence-electron chi connectivity index (χ3n) is 8.97. The van der Waals surface area contributed by atoms with Crippen LogP contribution in [0.3, 0.4) is 0 Å². The fraction of sp³-hybridized carbons (Fsp3) is 0.220. The van der Waals surface area contributed by atoms with E-state index in [0.29, 0.717) is 67.0 Å². The van der Waals surface area contributed by atoms with E-state index in [4.69, 9.17) is 30.4 Å². The summed E-state index contributed by atoms with van der Waals surface area (Å²) < 4.78 is 21.4. The number of carbonyl (C=O) groups excluding carboxylic acids is 2. The van der Waals surface area contributed by atoms with Crippen LogP contribution in [0.15, 0.2) is 92.8 Å². The average molecular weight is 861 g/mol. The summed E-state index contributed by atoms with van der Waals surface area (Å²) >= 11 is 2.28. The molecule has 4 aromatic rings. The molecule has 2 amide bonds. The molecule has 2 heterocycles. The molecule has 20 heteroatoms. The summed E-state index contributed by atoms with van der Waals surface area (Å²) in [6.45, 7) is 0. The van der Waals surface area contributed by atoms with Gasteiger partial charge in [-0.3, -0.25) is 9.59 Å². The lowest BCUT2D eigenvalue weighted by Crippen LogP contribution is -2.39. The lowest BCUT2D eigenvalue weighted by atomic mass is 9.96. The van der Waals surface area contributed by atoms with E-state index in [1.165, 1.54) is 14.2 Å². The molecule has 0 aromatic heterocycles. The van der Waals surface area contributed by atoms with Gasteiger partial charge in [0.1, 0.15) is 0 Å². The first-order chi connectivity index (χ1) is 29.5. The number of amides is 2. The molecule has 18 nitrogen and oxygen atoms in total. The van der Waals surface area contributed by atoms with Crippen molar-refractivity contribution in [2.45, 2.75) is 18.8 Å². The summed E-state index contributed by atoms with van der Waals surface area (Å²) in [6, 6.07) is 25.0. The Hall–Kier alpha value is -7.42. The fourth-order valence-electron chi connectivity index (χ4n) is 6.06. The molecule has 2 aliphatic heterocycles. The van der Waals surface area contributed by atoms with Gasteiger partial charge < -0.3 is 51.7 Å². The van der Waals surface area contributed by atoms with Crippen molar-refractivity contribution in [3.8, 4) is 35.1 Å². The zero-order valence-corrected chi connectivity index (χ0v) is 34.9. The number of benzene rings is 4. The summed E-state index contributed by atoms with van der Waals surface area (Å²) in [5, 5.41) is 32.2. The Morgan fingerprint density at radius 3 is 1.41 bits per heavy atom. The van der Waals surface area contributed by atoms with E-state index in [9.17, 15) is 20.1 Å². The molecule has 0 fully saturated rings. The third kappa shape index (κ3) is 11.0. The van der Waals surface area contributed by atoms with Crippen molar-refractivity contribution in [3.05, 3.63) is 106 Å². The summed E-state index contributed by atoms with van der Waals surface area (Å²) in [7, 11) is 6.16. The number of anilines is 2. The van der Waals surface area contributed by atoms with Gasteiger partial charge in [-0.15, -0.1) is 0 Å². The minimum Gasteiger partial charge on any atom is -0.493 e. The van der Waals surface area contributed by atoms with E-state index >= 15 is 0 Å². The van der Waals surface area contributed by atoms with Crippen LogP contribution in [0.4, 0.5) is 11.4 Å². The van der Waals surface area contributed by atoms with Gasteiger partial charge in [0.05, 0.1) is 63.2 Å². The first-order valence-electron chi connectivity index (χ1n) is 18.2. The second-order valence-electron chi connectivity index (χ2n) is 12.9. The maximum atomic E-state index is 13.0. The van der Waals surface area contributed by atoms with Crippen LogP contribution < -0.4 is 51.7 Å². The monoisotopic (exact) mass is 860 g/mol. The molecule has 6 rings (SSSR count). The Balaban J connectivity index is 1.03. The first kappa shape index (κ1) is 43.2. The van der Waals surface area contributed by atoms with Gasteiger partial charge in [-0.25, -0.2) is 20.0 Å². The number of nitriles is 2. The highest BCUT2D eigenvalue weighted by Crippen LogP contribution is 2.34. The number of methoxy groups -OCH3 is 4. The quantitative estimate of drug-likeness (QED) is 0.103. The molecule has 0 spiro atoms. The van der Waals surface area contributed by atoms with Crippen LogP contribution >= 0.6 is 23.5 Å². The van der Waals surface area contributed by atoms with Crippen molar-refractivity contribution >= 4 is 69.0 Å². The number of hydrogen-bond acceptors (Lipinski definition) is 18. The standard InChI is InChI=1S/C41H40N12O6S2/c1-56-30-11-7-24(16-32(30)58-3)36-48-38(44)52-40(50-36)60-20-34(54)46-28-9-5-22(26(14-28)18-42)13-23-6-10-29(15-27(23)19-43)47-35(55)21-61-41-51-37(49-39(45)53-41)25-8-12-31(57-2)33(17-25)59-4/h5-12,14-17,36-37H,13,20-21H2,1-4H3,(H,46,54)(H,47,55)(H3,44,48,50,52)(H3,45,49,51,53)/t36-,37-/m0/s1. The smallest absolute Gasteiger partial charge is 0.234 e. The van der Waals surface area contributed by atoms with E-state index in [-0.39, 0.29) is 41.7 Å². The molecule has 2 atom stereocenters. The molecule has 0 unspecified atom stereocenters. The SMILES string of the molecule is COc1ccc([C@H]2N=C(N)NC(SCC(=O)Nc3ccc(Cc4ccc(NC(=O)CSC5=N[C@@H](c6ccc(OC)c(OC)c6)N=C(N)N5)cc4C#N)c(C#N)c3)=N2)cc1OC. The molecule has 8 N–H and O–H groups in total. The number of guanidine groups is 2. The predicted molar refractivity (Wildman–Crippen MR) is 236 cm³/mol.